The zero-order valence-electron chi connectivity index (χ0n) is 12.7. The molecule has 0 saturated heterocycles. The third-order valence-electron chi connectivity index (χ3n) is 4.09. The summed E-state index contributed by atoms with van der Waals surface area (Å²) in [6, 6.07) is 10.6. The van der Waals surface area contributed by atoms with Gasteiger partial charge in [-0.05, 0) is 37.6 Å². The van der Waals surface area contributed by atoms with Gasteiger partial charge in [0.1, 0.15) is 5.82 Å². The predicted octanol–water partition coefficient (Wildman–Crippen LogP) is 4.03. The Morgan fingerprint density at radius 1 is 1.14 bits per heavy atom. The number of rotatable bonds is 2. The molecule has 0 amide bonds. The van der Waals surface area contributed by atoms with Crippen LogP contribution in [0.2, 0.25) is 0 Å². The fraction of sp³-hybridized carbons (Fsp3) is 0.353. The van der Waals surface area contributed by atoms with Crippen LogP contribution >= 0.6 is 11.6 Å². The first kappa shape index (κ1) is 14.2. The van der Waals surface area contributed by atoms with Crippen molar-refractivity contribution in [3.05, 3.63) is 47.2 Å². The molecule has 1 aliphatic heterocycles. The van der Waals surface area contributed by atoms with Crippen molar-refractivity contribution in [1.82, 2.24) is 4.98 Å². The minimum atomic E-state index is 0.489. The van der Waals surface area contributed by atoms with Crippen molar-refractivity contribution >= 4 is 28.8 Å². The van der Waals surface area contributed by atoms with Crippen LogP contribution in [0.4, 0.5) is 17.2 Å². The standard InChI is InChI=1S/C17H20ClN3/c1-12-10-13(2)19-17(14(12)11-18)21-9-8-20(3)15-6-4-5-7-16(15)21/h4-7,10H,8-9,11H2,1-3H3. The molecule has 110 valence electrons. The Balaban J connectivity index is 2.16. The molecule has 3 rings (SSSR count). The second-order valence-electron chi connectivity index (χ2n) is 5.58. The quantitative estimate of drug-likeness (QED) is 0.781. The van der Waals surface area contributed by atoms with E-state index >= 15 is 0 Å². The Hall–Kier alpha value is -1.74. The van der Waals surface area contributed by atoms with Gasteiger partial charge in [0, 0.05) is 31.4 Å². The summed E-state index contributed by atoms with van der Waals surface area (Å²) in [6.07, 6.45) is 0. The number of hydrogen-bond donors (Lipinski definition) is 0. The number of aryl methyl sites for hydroxylation is 2. The number of hydrogen-bond acceptors (Lipinski definition) is 3. The lowest BCUT2D eigenvalue weighted by atomic mass is 10.1. The fourth-order valence-corrected chi connectivity index (χ4v) is 3.29. The maximum absolute atomic E-state index is 6.19. The topological polar surface area (TPSA) is 19.4 Å². The van der Waals surface area contributed by atoms with Crippen LogP contribution in [-0.4, -0.2) is 25.1 Å². The molecule has 3 nitrogen and oxygen atoms in total. The smallest absolute Gasteiger partial charge is 0.138 e. The van der Waals surface area contributed by atoms with Crippen LogP contribution in [0.1, 0.15) is 16.8 Å². The molecule has 2 aromatic rings. The summed E-state index contributed by atoms with van der Waals surface area (Å²) >= 11 is 6.19. The van der Waals surface area contributed by atoms with Gasteiger partial charge < -0.3 is 9.80 Å². The first-order valence-electron chi connectivity index (χ1n) is 7.22. The number of fused-ring (bicyclic) bond motifs is 1. The van der Waals surface area contributed by atoms with E-state index in [1.54, 1.807) is 0 Å². The van der Waals surface area contributed by atoms with Crippen molar-refractivity contribution in [2.24, 2.45) is 0 Å². The highest BCUT2D eigenvalue weighted by Crippen LogP contribution is 2.38. The Morgan fingerprint density at radius 2 is 1.86 bits per heavy atom. The van der Waals surface area contributed by atoms with Crippen molar-refractivity contribution in [3.63, 3.8) is 0 Å². The molecule has 0 atom stereocenters. The lowest BCUT2D eigenvalue weighted by Crippen LogP contribution is -2.37. The zero-order chi connectivity index (χ0) is 15.0. The van der Waals surface area contributed by atoms with Crippen molar-refractivity contribution in [1.29, 1.82) is 0 Å². The number of halogens is 1. The first-order chi connectivity index (χ1) is 10.1. The van der Waals surface area contributed by atoms with Crippen LogP contribution < -0.4 is 9.80 Å². The molecule has 4 heteroatoms. The third kappa shape index (κ3) is 2.46. The summed E-state index contributed by atoms with van der Waals surface area (Å²) in [5, 5.41) is 0. The van der Waals surface area contributed by atoms with Crippen LogP contribution in [0.5, 0.6) is 0 Å². The maximum Gasteiger partial charge on any atom is 0.138 e. The first-order valence-corrected chi connectivity index (χ1v) is 7.76. The molecule has 0 saturated carbocycles. The summed E-state index contributed by atoms with van der Waals surface area (Å²) in [7, 11) is 2.13. The largest absolute Gasteiger partial charge is 0.371 e. The summed E-state index contributed by atoms with van der Waals surface area (Å²) in [5.74, 6) is 1.49. The number of alkyl halides is 1. The van der Waals surface area contributed by atoms with E-state index in [0.717, 1.165) is 30.2 Å². The normalized spacial score (nSPS) is 14.3. The molecule has 0 fully saturated rings. The molecule has 21 heavy (non-hydrogen) atoms. The lowest BCUT2D eigenvalue weighted by Gasteiger charge is -2.37. The molecular weight excluding hydrogens is 282 g/mol. The highest BCUT2D eigenvalue weighted by atomic mass is 35.5. The molecule has 1 aliphatic rings. The van der Waals surface area contributed by atoms with Crippen molar-refractivity contribution in [2.75, 3.05) is 29.9 Å². The summed E-state index contributed by atoms with van der Waals surface area (Å²) in [5.41, 5.74) is 5.82. The third-order valence-corrected chi connectivity index (χ3v) is 4.35. The van der Waals surface area contributed by atoms with E-state index in [-0.39, 0.29) is 0 Å². The number of para-hydroxylation sites is 2. The van der Waals surface area contributed by atoms with Crippen LogP contribution in [0.25, 0.3) is 0 Å². The van der Waals surface area contributed by atoms with Gasteiger partial charge in [-0.25, -0.2) is 4.98 Å². The van der Waals surface area contributed by atoms with Crippen molar-refractivity contribution in [3.8, 4) is 0 Å². The maximum atomic E-state index is 6.19. The van der Waals surface area contributed by atoms with Crippen molar-refractivity contribution in [2.45, 2.75) is 19.7 Å². The van der Waals surface area contributed by atoms with Gasteiger partial charge in [0.15, 0.2) is 0 Å². The van der Waals surface area contributed by atoms with E-state index in [4.69, 9.17) is 16.6 Å². The van der Waals surface area contributed by atoms with E-state index < -0.39 is 0 Å². The van der Waals surface area contributed by atoms with Gasteiger partial charge >= 0.3 is 0 Å². The van der Waals surface area contributed by atoms with Crippen LogP contribution in [0, 0.1) is 13.8 Å². The van der Waals surface area contributed by atoms with Gasteiger partial charge in [-0.1, -0.05) is 12.1 Å². The molecular formula is C17H20ClN3. The molecule has 0 unspecified atom stereocenters. The highest BCUT2D eigenvalue weighted by molar-refractivity contribution is 6.17. The summed E-state index contributed by atoms with van der Waals surface area (Å²) in [6.45, 7) is 6.05. The van der Waals surface area contributed by atoms with E-state index in [0.29, 0.717) is 5.88 Å². The van der Waals surface area contributed by atoms with Gasteiger partial charge in [-0.3, -0.25) is 0 Å². The average molecular weight is 302 g/mol. The minimum absolute atomic E-state index is 0.489. The van der Waals surface area contributed by atoms with E-state index in [1.807, 2.05) is 6.92 Å². The lowest BCUT2D eigenvalue weighted by molar-refractivity contribution is 0.807. The van der Waals surface area contributed by atoms with E-state index in [1.165, 1.54) is 16.9 Å². The summed E-state index contributed by atoms with van der Waals surface area (Å²) < 4.78 is 0. The van der Waals surface area contributed by atoms with Gasteiger partial charge in [0.2, 0.25) is 0 Å². The molecule has 1 aromatic heterocycles. The molecule has 2 heterocycles. The Morgan fingerprint density at radius 3 is 2.57 bits per heavy atom. The predicted molar refractivity (Wildman–Crippen MR) is 90.0 cm³/mol. The van der Waals surface area contributed by atoms with Gasteiger partial charge in [-0.2, -0.15) is 0 Å². The van der Waals surface area contributed by atoms with Crippen LogP contribution in [0.15, 0.2) is 30.3 Å². The number of nitrogens with zero attached hydrogens (tertiary/aromatic N) is 3. The number of anilines is 3. The van der Waals surface area contributed by atoms with Crippen LogP contribution in [-0.2, 0) is 5.88 Å². The van der Waals surface area contributed by atoms with Gasteiger partial charge in [-0.15, -0.1) is 11.6 Å². The van der Waals surface area contributed by atoms with E-state index in [9.17, 15) is 0 Å². The molecule has 1 aromatic carbocycles. The molecule has 0 bridgehead atoms. The second-order valence-corrected chi connectivity index (χ2v) is 5.85. The summed E-state index contributed by atoms with van der Waals surface area (Å²) in [4.78, 5) is 9.36. The number of pyridine rings is 1. The van der Waals surface area contributed by atoms with Crippen molar-refractivity contribution < 1.29 is 0 Å². The van der Waals surface area contributed by atoms with E-state index in [2.05, 4.69) is 54.1 Å². The Labute approximate surface area is 131 Å². The highest BCUT2D eigenvalue weighted by Gasteiger charge is 2.24. The SMILES string of the molecule is Cc1cc(C)c(CCl)c(N2CCN(C)c3ccccc32)n1. The minimum Gasteiger partial charge on any atom is -0.371 e. The molecule has 0 N–H and O–H groups in total. The Kier molecular flexibility index (Phi) is 3.77. The van der Waals surface area contributed by atoms with Crippen LogP contribution in [0.3, 0.4) is 0 Å². The molecule has 0 radical (unpaired) electrons. The monoisotopic (exact) mass is 301 g/mol. The molecule has 0 spiro atoms. The zero-order valence-corrected chi connectivity index (χ0v) is 13.5. The number of likely N-dealkylation sites (N-methyl/N-ethyl adjacent to an activating group) is 1. The number of aromatic nitrogens is 1. The fourth-order valence-electron chi connectivity index (χ4n) is 2.96. The Bertz CT molecular complexity index is 669. The average Bonchev–Trinajstić information content (AvgIpc) is 2.47. The van der Waals surface area contributed by atoms with Gasteiger partial charge in [0.25, 0.3) is 0 Å². The second kappa shape index (κ2) is 5.57. The number of benzene rings is 1. The van der Waals surface area contributed by atoms with Gasteiger partial charge in [0.05, 0.1) is 17.3 Å². The molecule has 0 aliphatic carbocycles.